The highest BCUT2D eigenvalue weighted by atomic mass is 31.2. The average Bonchev–Trinajstić information content (AvgIpc) is 2.89. The number of likely N-dealkylation sites (tertiary alicyclic amines) is 1. The first-order chi connectivity index (χ1) is 17.8. The molecule has 0 bridgehead atoms. The lowest BCUT2D eigenvalue weighted by molar-refractivity contribution is 0.150. The number of nitrogens with one attached hydrogen (secondary N) is 1. The van der Waals surface area contributed by atoms with Crippen LogP contribution >= 0.6 is 8.30 Å². The fourth-order valence-electron chi connectivity index (χ4n) is 4.75. The summed E-state index contributed by atoms with van der Waals surface area (Å²) in [5.41, 5.74) is 2.51. The molecule has 37 heavy (non-hydrogen) atoms. The number of aromatic nitrogens is 3. The van der Waals surface area contributed by atoms with Crippen molar-refractivity contribution >= 4 is 30.2 Å². The van der Waals surface area contributed by atoms with E-state index in [1.54, 1.807) is 23.2 Å². The highest BCUT2D eigenvalue weighted by molar-refractivity contribution is 7.61. The van der Waals surface area contributed by atoms with E-state index in [2.05, 4.69) is 33.8 Å². The number of nitrogens with zero attached hydrogens (tertiary/aromatic N) is 4. The Bertz CT molecular complexity index is 1490. The number of hydrogen-bond donors (Lipinski definition) is 2. The van der Waals surface area contributed by atoms with Gasteiger partial charge in [0.15, 0.2) is 8.30 Å². The van der Waals surface area contributed by atoms with E-state index in [0.29, 0.717) is 22.6 Å². The number of anilines is 1. The Labute approximate surface area is 214 Å². The van der Waals surface area contributed by atoms with Crippen LogP contribution in [0.4, 0.5) is 14.5 Å². The summed E-state index contributed by atoms with van der Waals surface area (Å²) >= 11 is 0. The second-order valence-electron chi connectivity index (χ2n) is 9.53. The van der Waals surface area contributed by atoms with Gasteiger partial charge < -0.3 is 14.9 Å². The van der Waals surface area contributed by atoms with Crippen molar-refractivity contribution in [3.05, 3.63) is 83.2 Å². The van der Waals surface area contributed by atoms with Crippen molar-refractivity contribution in [3.63, 3.8) is 0 Å². The summed E-state index contributed by atoms with van der Waals surface area (Å²) in [5, 5.41) is 3.37. The number of halogens is 2. The van der Waals surface area contributed by atoms with Gasteiger partial charge in [0, 0.05) is 43.0 Å². The van der Waals surface area contributed by atoms with Crippen LogP contribution in [-0.2, 0) is 0 Å². The molecule has 3 heterocycles. The van der Waals surface area contributed by atoms with Crippen LogP contribution in [0.25, 0.3) is 22.0 Å². The SMILES string of the molecule is CC(C)N1CCC(n2cnc3ccc(-c4cncc(NP(O)c5ccc(F)cc5F)c4)cc3c2=O)CC1. The van der Waals surface area contributed by atoms with E-state index >= 15 is 0 Å². The van der Waals surface area contributed by atoms with E-state index in [1.165, 1.54) is 12.3 Å². The minimum Gasteiger partial charge on any atom is -0.351 e. The summed E-state index contributed by atoms with van der Waals surface area (Å²) in [6, 6.07) is 10.9. The minimum atomic E-state index is -2.12. The molecule has 2 N–H and O–H groups in total. The van der Waals surface area contributed by atoms with Gasteiger partial charge in [-0.3, -0.25) is 14.3 Å². The molecule has 1 aliphatic heterocycles. The van der Waals surface area contributed by atoms with E-state index < -0.39 is 19.9 Å². The zero-order chi connectivity index (χ0) is 26.1. The van der Waals surface area contributed by atoms with Gasteiger partial charge in [0.2, 0.25) is 0 Å². The van der Waals surface area contributed by atoms with Crippen molar-refractivity contribution < 1.29 is 13.7 Å². The van der Waals surface area contributed by atoms with Crippen molar-refractivity contribution in [1.82, 2.24) is 19.4 Å². The summed E-state index contributed by atoms with van der Waals surface area (Å²) in [7, 11) is -2.12. The molecule has 192 valence electrons. The van der Waals surface area contributed by atoms with Gasteiger partial charge in [-0.05, 0) is 62.6 Å². The van der Waals surface area contributed by atoms with E-state index in [0.717, 1.165) is 49.2 Å². The zero-order valence-corrected chi connectivity index (χ0v) is 21.5. The second kappa shape index (κ2) is 10.6. The number of hydrogen-bond acceptors (Lipinski definition) is 6. The lowest BCUT2D eigenvalue weighted by atomic mass is 10.0. The first-order valence-electron chi connectivity index (χ1n) is 12.2. The van der Waals surface area contributed by atoms with Gasteiger partial charge in [-0.1, -0.05) is 6.07 Å². The van der Waals surface area contributed by atoms with E-state index in [1.807, 2.05) is 18.2 Å². The molecular formula is C27H28F2N5O2P. The molecule has 0 spiro atoms. The Balaban J connectivity index is 1.40. The predicted molar refractivity (Wildman–Crippen MR) is 143 cm³/mol. The van der Waals surface area contributed by atoms with Gasteiger partial charge in [-0.25, -0.2) is 13.8 Å². The van der Waals surface area contributed by atoms with E-state index in [-0.39, 0.29) is 16.9 Å². The van der Waals surface area contributed by atoms with Gasteiger partial charge >= 0.3 is 0 Å². The lowest BCUT2D eigenvalue weighted by Crippen LogP contribution is -2.40. The molecule has 5 rings (SSSR count). The Morgan fingerprint density at radius 3 is 2.57 bits per heavy atom. The predicted octanol–water partition coefficient (Wildman–Crippen LogP) is 4.82. The first-order valence-corrected chi connectivity index (χ1v) is 13.5. The van der Waals surface area contributed by atoms with Crippen LogP contribution in [0.5, 0.6) is 0 Å². The Morgan fingerprint density at radius 2 is 1.84 bits per heavy atom. The third-order valence-electron chi connectivity index (χ3n) is 6.85. The highest BCUT2D eigenvalue weighted by Gasteiger charge is 2.23. The third-order valence-corrected chi connectivity index (χ3v) is 8.14. The van der Waals surface area contributed by atoms with Crippen molar-refractivity contribution in [2.24, 2.45) is 0 Å². The van der Waals surface area contributed by atoms with Crippen LogP contribution in [-0.4, -0.2) is 43.5 Å². The summed E-state index contributed by atoms with van der Waals surface area (Å²) < 4.78 is 29.1. The van der Waals surface area contributed by atoms with Crippen LogP contribution in [0.1, 0.15) is 32.7 Å². The molecule has 0 saturated carbocycles. The molecule has 7 nitrogen and oxygen atoms in total. The van der Waals surface area contributed by atoms with Gasteiger partial charge in [-0.15, -0.1) is 0 Å². The van der Waals surface area contributed by atoms with Crippen LogP contribution in [0, 0.1) is 11.6 Å². The third kappa shape index (κ3) is 5.39. The average molecular weight is 524 g/mol. The molecule has 2 aromatic heterocycles. The molecule has 1 aliphatic rings. The molecule has 1 atom stereocenters. The van der Waals surface area contributed by atoms with Gasteiger partial charge in [0.25, 0.3) is 5.56 Å². The topological polar surface area (TPSA) is 83.3 Å². The number of rotatable bonds is 6. The molecule has 1 fully saturated rings. The normalized spacial score (nSPS) is 15.8. The molecular weight excluding hydrogens is 495 g/mol. The molecule has 4 aromatic rings. The number of pyridine rings is 1. The summed E-state index contributed by atoms with van der Waals surface area (Å²) in [6.07, 6.45) is 6.63. The highest BCUT2D eigenvalue weighted by Crippen LogP contribution is 2.33. The van der Waals surface area contributed by atoms with Crippen molar-refractivity contribution in [2.45, 2.75) is 38.8 Å². The standard InChI is InChI=1S/C27H28F2N5O2P/c1-17(2)33-9-7-22(8-10-33)34-16-31-25-5-3-18(12-23(25)27(34)35)19-11-21(15-30-14-19)32-37(36)26-6-4-20(28)13-24(26)29/h3-6,11-17,22,32,36H,7-10H2,1-2H3. The fraction of sp³-hybridized carbons (Fsp3) is 0.296. The van der Waals surface area contributed by atoms with Crippen LogP contribution in [0.2, 0.25) is 0 Å². The number of piperidine rings is 1. The number of benzene rings is 2. The van der Waals surface area contributed by atoms with E-state index in [9.17, 15) is 18.5 Å². The zero-order valence-electron chi connectivity index (χ0n) is 20.6. The Morgan fingerprint density at radius 1 is 1.05 bits per heavy atom. The molecule has 0 aliphatic carbocycles. The molecule has 0 radical (unpaired) electrons. The van der Waals surface area contributed by atoms with Crippen LogP contribution in [0.3, 0.4) is 0 Å². The quantitative estimate of drug-likeness (QED) is 0.353. The van der Waals surface area contributed by atoms with Crippen LogP contribution < -0.4 is 16.0 Å². The maximum atomic E-state index is 14.1. The maximum absolute atomic E-state index is 14.1. The van der Waals surface area contributed by atoms with Gasteiger partial charge in [0.05, 0.1) is 34.4 Å². The molecule has 1 saturated heterocycles. The van der Waals surface area contributed by atoms with Crippen molar-refractivity contribution in [1.29, 1.82) is 0 Å². The molecule has 10 heteroatoms. The van der Waals surface area contributed by atoms with Crippen molar-refractivity contribution in [2.75, 3.05) is 18.2 Å². The van der Waals surface area contributed by atoms with Crippen LogP contribution in [0.15, 0.2) is 66.0 Å². The summed E-state index contributed by atoms with van der Waals surface area (Å²) in [5.74, 6) is -1.53. The fourth-order valence-corrected chi connectivity index (χ4v) is 5.72. The largest absolute Gasteiger partial charge is 0.351 e. The Kier molecular flexibility index (Phi) is 7.29. The molecule has 1 unspecified atom stereocenters. The van der Waals surface area contributed by atoms with Crippen molar-refractivity contribution in [3.8, 4) is 11.1 Å². The van der Waals surface area contributed by atoms with Gasteiger partial charge in [0.1, 0.15) is 11.6 Å². The second-order valence-corrected chi connectivity index (χ2v) is 10.9. The summed E-state index contributed by atoms with van der Waals surface area (Å²) in [4.78, 5) is 35.1. The number of fused-ring (bicyclic) bond motifs is 1. The lowest BCUT2D eigenvalue weighted by Gasteiger charge is -2.35. The summed E-state index contributed by atoms with van der Waals surface area (Å²) in [6.45, 7) is 6.28. The van der Waals surface area contributed by atoms with E-state index in [4.69, 9.17) is 0 Å². The maximum Gasteiger partial charge on any atom is 0.261 e. The smallest absolute Gasteiger partial charge is 0.261 e. The Hall–Kier alpha value is -3.26. The monoisotopic (exact) mass is 523 g/mol. The first kappa shape index (κ1) is 25.4. The van der Waals surface area contributed by atoms with Gasteiger partial charge in [-0.2, -0.15) is 0 Å². The molecule has 0 amide bonds. The minimum absolute atomic E-state index is 0.0154. The molecule has 2 aromatic carbocycles.